The summed E-state index contributed by atoms with van der Waals surface area (Å²) in [6.45, 7) is 0. The lowest BCUT2D eigenvalue weighted by Crippen LogP contribution is -2.20. The first-order chi connectivity index (χ1) is 12.4. The van der Waals surface area contributed by atoms with Crippen molar-refractivity contribution in [3.05, 3.63) is 71.5 Å². The fraction of sp³-hybridized carbons (Fsp3) is 0.0588. The number of alkyl halides is 3. The van der Waals surface area contributed by atoms with Crippen LogP contribution in [0.25, 0.3) is 5.82 Å². The van der Waals surface area contributed by atoms with Crippen LogP contribution in [0.4, 0.5) is 19.0 Å². The third-order valence-corrected chi connectivity index (χ3v) is 3.46. The topological polar surface area (TPSA) is 83.6 Å². The van der Waals surface area contributed by atoms with Crippen molar-refractivity contribution >= 4 is 11.7 Å². The number of hydrogen-bond donors (Lipinski definition) is 1. The van der Waals surface area contributed by atoms with E-state index >= 15 is 0 Å². The first-order valence-corrected chi connectivity index (χ1v) is 7.29. The summed E-state index contributed by atoms with van der Waals surface area (Å²) >= 11 is 0. The molecular formula is C17H10F3N5O. The van der Waals surface area contributed by atoms with Gasteiger partial charge in [0.25, 0.3) is 5.91 Å². The van der Waals surface area contributed by atoms with Gasteiger partial charge in [0.15, 0.2) is 11.6 Å². The van der Waals surface area contributed by atoms with E-state index in [2.05, 4.69) is 15.4 Å². The number of anilines is 1. The standard InChI is InChI=1S/C17H10F3N5O/c18-17(19,20)13-6-2-1-5-12(13)16(26)24-15-11(9-21)10-23-25(15)14-7-3-4-8-22-14/h1-8,10H,(H,24,26). The van der Waals surface area contributed by atoms with Gasteiger partial charge in [-0.3, -0.25) is 4.79 Å². The van der Waals surface area contributed by atoms with Crippen LogP contribution in [-0.2, 0) is 6.18 Å². The average molecular weight is 357 g/mol. The maximum absolute atomic E-state index is 13.1. The van der Waals surface area contributed by atoms with Crippen LogP contribution in [0.1, 0.15) is 21.5 Å². The Labute approximate surface area is 145 Å². The van der Waals surface area contributed by atoms with Crippen LogP contribution in [0.15, 0.2) is 54.9 Å². The van der Waals surface area contributed by atoms with Gasteiger partial charge in [-0.1, -0.05) is 18.2 Å². The van der Waals surface area contributed by atoms with Gasteiger partial charge in [-0.15, -0.1) is 0 Å². The quantitative estimate of drug-likeness (QED) is 0.779. The molecule has 0 aliphatic carbocycles. The van der Waals surface area contributed by atoms with Gasteiger partial charge in [-0.2, -0.15) is 28.2 Å². The molecule has 0 aliphatic heterocycles. The predicted octanol–water partition coefficient (Wildman–Crippen LogP) is 3.41. The SMILES string of the molecule is N#Cc1cnn(-c2ccccn2)c1NC(=O)c1ccccc1C(F)(F)F. The van der Waals surface area contributed by atoms with Gasteiger partial charge in [-0.05, 0) is 24.3 Å². The van der Waals surface area contributed by atoms with Crippen LogP contribution >= 0.6 is 0 Å². The second kappa shape index (κ2) is 6.68. The van der Waals surface area contributed by atoms with Gasteiger partial charge in [0.1, 0.15) is 11.6 Å². The first-order valence-electron chi connectivity index (χ1n) is 7.29. The third-order valence-electron chi connectivity index (χ3n) is 3.46. The van der Waals surface area contributed by atoms with E-state index in [0.717, 1.165) is 12.1 Å². The highest BCUT2D eigenvalue weighted by Crippen LogP contribution is 2.32. The van der Waals surface area contributed by atoms with Crippen LogP contribution in [0, 0.1) is 11.3 Å². The number of nitriles is 1. The number of amides is 1. The Bertz CT molecular complexity index is 990. The Morgan fingerprint density at radius 1 is 1.15 bits per heavy atom. The van der Waals surface area contributed by atoms with Crippen molar-refractivity contribution in [2.24, 2.45) is 0 Å². The Hall–Kier alpha value is -3.67. The molecule has 0 bridgehead atoms. The largest absolute Gasteiger partial charge is 0.417 e. The highest BCUT2D eigenvalue weighted by atomic mass is 19.4. The second-order valence-electron chi connectivity index (χ2n) is 5.12. The summed E-state index contributed by atoms with van der Waals surface area (Å²) in [4.78, 5) is 16.5. The lowest BCUT2D eigenvalue weighted by molar-refractivity contribution is -0.137. The van der Waals surface area contributed by atoms with E-state index in [9.17, 15) is 23.2 Å². The minimum Gasteiger partial charge on any atom is -0.305 e. The van der Waals surface area contributed by atoms with Crippen LogP contribution in [0.3, 0.4) is 0 Å². The van der Waals surface area contributed by atoms with Crippen LogP contribution in [0.5, 0.6) is 0 Å². The molecule has 6 nitrogen and oxygen atoms in total. The zero-order valence-electron chi connectivity index (χ0n) is 13.0. The van der Waals surface area contributed by atoms with Gasteiger partial charge in [0.2, 0.25) is 0 Å². The van der Waals surface area contributed by atoms with Gasteiger partial charge in [-0.25, -0.2) is 4.98 Å². The summed E-state index contributed by atoms with van der Waals surface area (Å²) in [7, 11) is 0. The first kappa shape index (κ1) is 17.2. The molecule has 3 rings (SSSR count). The van der Waals surface area contributed by atoms with E-state index in [4.69, 9.17) is 0 Å². The van der Waals surface area contributed by atoms with E-state index in [1.165, 1.54) is 29.2 Å². The van der Waals surface area contributed by atoms with Crippen LogP contribution < -0.4 is 5.32 Å². The second-order valence-corrected chi connectivity index (χ2v) is 5.12. The molecule has 0 saturated heterocycles. The molecule has 3 aromatic rings. The number of nitrogens with zero attached hydrogens (tertiary/aromatic N) is 4. The molecule has 0 unspecified atom stereocenters. The summed E-state index contributed by atoms with van der Waals surface area (Å²) in [6, 6.07) is 11.1. The fourth-order valence-electron chi connectivity index (χ4n) is 2.31. The van der Waals surface area contributed by atoms with Crippen molar-refractivity contribution in [2.45, 2.75) is 6.18 Å². The van der Waals surface area contributed by atoms with Crippen molar-refractivity contribution in [3.63, 3.8) is 0 Å². The maximum atomic E-state index is 13.1. The minimum absolute atomic E-state index is 0.00603. The lowest BCUT2D eigenvalue weighted by Gasteiger charge is -2.13. The predicted molar refractivity (Wildman–Crippen MR) is 85.5 cm³/mol. The molecular weight excluding hydrogens is 347 g/mol. The van der Waals surface area contributed by atoms with E-state index in [1.54, 1.807) is 18.2 Å². The molecule has 130 valence electrons. The van der Waals surface area contributed by atoms with Crippen LogP contribution in [-0.4, -0.2) is 20.7 Å². The molecule has 2 heterocycles. The highest BCUT2D eigenvalue weighted by molar-refractivity contribution is 6.05. The number of nitrogens with one attached hydrogen (secondary N) is 1. The van der Waals surface area contributed by atoms with Crippen molar-refractivity contribution in [1.82, 2.24) is 14.8 Å². The van der Waals surface area contributed by atoms with Crippen LogP contribution in [0.2, 0.25) is 0 Å². The Kier molecular flexibility index (Phi) is 4.41. The van der Waals surface area contributed by atoms with Crippen molar-refractivity contribution in [1.29, 1.82) is 5.26 Å². The number of carbonyl (C=O) groups is 1. The molecule has 0 radical (unpaired) electrons. The zero-order chi connectivity index (χ0) is 18.7. The number of hydrogen-bond acceptors (Lipinski definition) is 4. The van der Waals surface area contributed by atoms with Crippen molar-refractivity contribution in [2.75, 3.05) is 5.32 Å². The number of carbonyl (C=O) groups excluding carboxylic acids is 1. The van der Waals surface area contributed by atoms with E-state index in [1.807, 2.05) is 6.07 Å². The Balaban J connectivity index is 2.02. The summed E-state index contributed by atoms with van der Waals surface area (Å²) < 4.78 is 40.5. The molecule has 0 saturated carbocycles. The van der Waals surface area contributed by atoms with Crippen molar-refractivity contribution < 1.29 is 18.0 Å². The zero-order valence-corrected chi connectivity index (χ0v) is 13.0. The molecule has 0 atom stereocenters. The van der Waals surface area contributed by atoms with E-state index in [0.29, 0.717) is 5.82 Å². The molecule has 1 N–H and O–H groups in total. The molecule has 0 spiro atoms. The summed E-state index contributed by atoms with van der Waals surface area (Å²) in [5, 5.41) is 15.5. The van der Waals surface area contributed by atoms with Gasteiger partial charge in [0, 0.05) is 6.20 Å². The Morgan fingerprint density at radius 3 is 2.54 bits per heavy atom. The Morgan fingerprint density at radius 2 is 1.88 bits per heavy atom. The lowest BCUT2D eigenvalue weighted by atomic mass is 10.1. The minimum atomic E-state index is -4.69. The van der Waals surface area contributed by atoms with Gasteiger partial charge in [0.05, 0.1) is 17.3 Å². The molecule has 9 heteroatoms. The fourth-order valence-corrected chi connectivity index (χ4v) is 2.31. The maximum Gasteiger partial charge on any atom is 0.417 e. The molecule has 26 heavy (non-hydrogen) atoms. The normalized spacial score (nSPS) is 11.0. The molecule has 1 aromatic carbocycles. The number of pyridine rings is 1. The molecule has 2 aromatic heterocycles. The highest BCUT2D eigenvalue weighted by Gasteiger charge is 2.35. The van der Waals surface area contributed by atoms with Crippen molar-refractivity contribution in [3.8, 4) is 11.9 Å². The smallest absolute Gasteiger partial charge is 0.305 e. The molecule has 0 aliphatic rings. The number of halogens is 3. The number of aromatic nitrogens is 3. The average Bonchev–Trinajstić information content (AvgIpc) is 3.04. The summed E-state index contributed by atoms with van der Waals surface area (Å²) in [5.41, 5.74) is -1.63. The monoisotopic (exact) mass is 357 g/mol. The van der Waals surface area contributed by atoms with E-state index in [-0.39, 0.29) is 11.4 Å². The van der Waals surface area contributed by atoms with Gasteiger partial charge < -0.3 is 5.32 Å². The third kappa shape index (κ3) is 3.25. The molecule has 0 fully saturated rings. The van der Waals surface area contributed by atoms with Gasteiger partial charge >= 0.3 is 6.18 Å². The summed E-state index contributed by atoms with van der Waals surface area (Å²) in [5.74, 6) is -0.770. The summed E-state index contributed by atoms with van der Waals surface area (Å²) in [6.07, 6.45) is -2.01. The number of rotatable bonds is 3. The molecule has 1 amide bonds. The number of benzene rings is 1. The van der Waals surface area contributed by atoms with E-state index < -0.39 is 23.2 Å².